The van der Waals surface area contributed by atoms with Gasteiger partial charge < -0.3 is 21.2 Å². The molecule has 0 spiro atoms. The van der Waals surface area contributed by atoms with Crippen molar-refractivity contribution in [1.29, 1.82) is 0 Å². The minimum Gasteiger partial charge on any atom is -0.415 e. The molecular weight excluding hydrogens is 739 g/mol. The molecule has 0 saturated carbocycles. The molecule has 1 heterocycles. The quantitative estimate of drug-likeness (QED) is 0.124. The highest BCUT2D eigenvalue weighted by Crippen LogP contribution is 2.56. The first-order valence-corrected chi connectivity index (χ1v) is 19.2. The molecule has 3 radical (unpaired) electrons. The van der Waals surface area contributed by atoms with Gasteiger partial charge in [-0.3, -0.25) is 9.47 Å². The molecule has 1 rings (SSSR count). The largest absolute Gasteiger partial charge is 0.462 e. The van der Waals surface area contributed by atoms with Crippen LogP contribution in [-0.2, 0) is 30.7 Å². The van der Waals surface area contributed by atoms with Crippen LogP contribution in [-0.4, -0.2) is 98.0 Å². The first-order chi connectivity index (χ1) is 19.3. The molecule has 0 aromatic heterocycles. The van der Waals surface area contributed by atoms with E-state index in [0.29, 0.717) is 0 Å². The highest BCUT2D eigenvalue weighted by atomic mass is 28.5. The maximum absolute atomic E-state index is 14.5. The molecular formula is C16H20F17O7Si4. The third-order valence-electron chi connectivity index (χ3n) is 4.94. The molecule has 28 heteroatoms. The van der Waals surface area contributed by atoms with Crippen molar-refractivity contribution in [2.24, 2.45) is 0 Å². The van der Waals surface area contributed by atoms with E-state index in [9.17, 15) is 74.6 Å². The second kappa shape index (κ2) is 13.5. The lowest BCUT2D eigenvalue weighted by molar-refractivity contribution is -0.553. The van der Waals surface area contributed by atoms with Crippen LogP contribution in [0.4, 0.5) is 74.6 Å². The molecule has 1 aliphatic rings. The summed E-state index contributed by atoms with van der Waals surface area (Å²) in [6, 6.07) is -0.171. The molecule has 0 aromatic rings. The average Bonchev–Trinajstić information content (AvgIpc) is 2.74. The number of hydrogen-bond donors (Lipinski definition) is 0. The normalized spacial score (nSPS) is 22.3. The summed E-state index contributed by atoms with van der Waals surface area (Å²) in [5.41, 5.74) is 0. The maximum Gasteiger partial charge on any atom is 0.462 e. The Morgan fingerprint density at radius 3 is 1.43 bits per heavy atom. The lowest BCUT2D eigenvalue weighted by Crippen LogP contribution is -2.67. The number of halogens is 17. The van der Waals surface area contributed by atoms with Crippen LogP contribution in [0.25, 0.3) is 0 Å². The lowest BCUT2D eigenvalue weighted by atomic mass is 10.2. The lowest BCUT2D eigenvalue weighted by Gasteiger charge is -2.40. The van der Waals surface area contributed by atoms with Gasteiger partial charge in [0.1, 0.15) is 6.61 Å². The highest BCUT2D eigenvalue weighted by Gasteiger charge is 2.85. The minimum absolute atomic E-state index is 0.171. The standard InChI is InChI=1S/C16H20F17O7Si4/c1-41-37-42(2)39-44(4,40-43(3)38-41)7-5-6-34-8-9(17,12(21,22)23)35-16(32,33)11(20,14(27,28)29)36-15(30,31)10(18,19)13(24,25)26/h5-8H2,1-4H3. The molecule has 2 atom stereocenters. The van der Waals surface area contributed by atoms with Gasteiger partial charge in [0.05, 0.1) is 0 Å². The summed E-state index contributed by atoms with van der Waals surface area (Å²) < 4.78 is 255. The monoisotopic (exact) mass is 759 g/mol. The van der Waals surface area contributed by atoms with Crippen LogP contribution in [0, 0.1) is 0 Å². The molecule has 1 aliphatic heterocycles. The van der Waals surface area contributed by atoms with Crippen molar-refractivity contribution in [1.82, 2.24) is 0 Å². The van der Waals surface area contributed by atoms with Crippen molar-refractivity contribution in [2.45, 2.75) is 87.0 Å². The van der Waals surface area contributed by atoms with Gasteiger partial charge in [-0.1, -0.05) is 0 Å². The predicted molar refractivity (Wildman–Crippen MR) is 114 cm³/mol. The van der Waals surface area contributed by atoms with Crippen LogP contribution in [0.3, 0.4) is 0 Å². The van der Waals surface area contributed by atoms with Crippen LogP contribution in [0.15, 0.2) is 0 Å². The highest BCUT2D eigenvalue weighted by molar-refractivity contribution is 6.81. The van der Waals surface area contributed by atoms with E-state index >= 15 is 0 Å². The summed E-state index contributed by atoms with van der Waals surface area (Å²) in [5.74, 6) is -22.0. The van der Waals surface area contributed by atoms with Crippen LogP contribution < -0.4 is 0 Å². The van der Waals surface area contributed by atoms with Gasteiger partial charge in [0.25, 0.3) is 0 Å². The van der Waals surface area contributed by atoms with Gasteiger partial charge >= 0.3 is 84.8 Å². The fourth-order valence-corrected chi connectivity index (χ4v) is 14.9. The van der Waals surface area contributed by atoms with E-state index in [1.807, 2.05) is 0 Å². The smallest absolute Gasteiger partial charge is 0.415 e. The van der Waals surface area contributed by atoms with Gasteiger partial charge in [-0.15, -0.1) is 0 Å². The first-order valence-electron chi connectivity index (χ1n) is 11.2. The first kappa shape index (κ1) is 41.4. The average molecular weight is 760 g/mol. The Labute approximate surface area is 242 Å². The van der Waals surface area contributed by atoms with Gasteiger partial charge in [-0.25, -0.2) is 0 Å². The zero-order valence-electron chi connectivity index (χ0n) is 22.1. The van der Waals surface area contributed by atoms with E-state index in [2.05, 4.69) is 9.47 Å². The molecule has 1 saturated heterocycles. The van der Waals surface area contributed by atoms with Gasteiger partial charge in [0, 0.05) is 6.61 Å². The van der Waals surface area contributed by atoms with Gasteiger partial charge in [-0.05, 0) is 38.7 Å². The molecule has 2 unspecified atom stereocenters. The molecule has 44 heavy (non-hydrogen) atoms. The van der Waals surface area contributed by atoms with E-state index in [4.69, 9.17) is 16.5 Å². The van der Waals surface area contributed by atoms with Crippen LogP contribution in [0.2, 0.25) is 32.2 Å². The maximum atomic E-state index is 14.5. The Hall–Kier alpha value is -0.602. The Kier molecular flexibility index (Phi) is 12.7. The van der Waals surface area contributed by atoms with Crippen molar-refractivity contribution in [2.75, 3.05) is 13.2 Å². The fraction of sp³-hybridized carbons (Fsp3) is 1.00. The zero-order valence-corrected chi connectivity index (χ0v) is 26.1. The van der Waals surface area contributed by atoms with Crippen molar-refractivity contribution >= 4 is 36.4 Å². The number of hydrogen-bond acceptors (Lipinski definition) is 7. The van der Waals surface area contributed by atoms with Crippen LogP contribution >= 0.6 is 0 Å². The third kappa shape index (κ3) is 9.48. The van der Waals surface area contributed by atoms with Crippen molar-refractivity contribution in [3.8, 4) is 0 Å². The molecule has 7 nitrogen and oxygen atoms in total. The molecule has 0 aliphatic carbocycles. The molecule has 0 bridgehead atoms. The second-order valence-electron chi connectivity index (χ2n) is 8.80. The summed E-state index contributed by atoms with van der Waals surface area (Å²) in [7, 11) is -8.92. The number of alkyl halides is 17. The van der Waals surface area contributed by atoms with Crippen molar-refractivity contribution < 1.29 is 105 Å². The van der Waals surface area contributed by atoms with E-state index in [1.165, 1.54) is 24.4 Å². The summed E-state index contributed by atoms with van der Waals surface area (Å²) in [5, 5.41) is 0. The Bertz CT molecular complexity index is 942. The van der Waals surface area contributed by atoms with E-state index in [-0.39, 0.29) is 6.04 Å². The predicted octanol–water partition coefficient (Wildman–Crippen LogP) is 6.77. The number of ether oxygens (including phenoxy) is 3. The summed E-state index contributed by atoms with van der Waals surface area (Å²) in [6.45, 7) is 2.26. The van der Waals surface area contributed by atoms with Crippen LogP contribution in [0.5, 0.6) is 0 Å². The number of rotatable bonds is 12. The van der Waals surface area contributed by atoms with Crippen molar-refractivity contribution in [3.05, 3.63) is 0 Å². The Morgan fingerprint density at radius 2 is 1.05 bits per heavy atom. The SMILES string of the molecule is C[Si]1O[Si](C)O[Si](C)(CCCOCC(F)(OC(F)(F)C(F)(OC(F)(F)C(F)(F)C(F)(F)F)C(F)(F)F)C(F)(F)F)O[Si](C)O1. The van der Waals surface area contributed by atoms with E-state index in [0.717, 1.165) is 0 Å². The minimum atomic E-state index is -7.93. The van der Waals surface area contributed by atoms with Crippen LogP contribution in [0.1, 0.15) is 6.42 Å². The summed E-state index contributed by atoms with van der Waals surface area (Å²) in [4.78, 5) is 0. The van der Waals surface area contributed by atoms with Gasteiger partial charge in [0.2, 0.25) is 0 Å². The summed E-state index contributed by atoms with van der Waals surface area (Å²) in [6.07, 6.45) is -38.3. The third-order valence-corrected chi connectivity index (χ3v) is 16.6. The topological polar surface area (TPSA) is 64.6 Å². The van der Waals surface area contributed by atoms with Crippen molar-refractivity contribution in [3.63, 3.8) is 0 Å². The summed E-state index contributed by atoms with van der Waals surface area (Å²) >= 11 is 0. The van der Waals surface area contributed by atoms with E-state index < -0.39 is 104 Å². The van der Waals surface area contributed by atoms with Gasteiger partial charge in [-0.2, -0.15) is 74.6 Å². The zero-order chi connectivity index (χ0) is 35.0. The molecule has 0 N–H and O–H groups in total. The molecule has 0 aromatic carbocycles. The Balaban J connectivity index is 3.17. The Morgan fingerprint density at radius 1 is 0.591 bits per heavy atom. The fourth-order valence-electron chi connectivity index (χ4n) is 3.02. The van der Waals surface area contributed by atoms with E-state index in [1.54, 1.807) is 6.55 Å². The molecule has 0 amide bonds. The molecule has 1 fully saturated rings. The second-order valence-corrected chi connectivity index (χ2v) is 17.8. The van der Waals surface area contributed by atoms with Gasteiger partial charge in [0.15, 0.2) is 0 Å². The molecule has 261 valence electrons.